The average Bonchev–Trinajstić information content (AvgIpc) is 1.87. The normalized spacial score (nSPS) is 15.5. The summed E-state index contributed by atoms with van der Waals surface area (Å²) in [7, 11) is 0. The Hall–Kier alpha value is -0.830. The van der Waals surface area contributed by atoms with Crippen molar-refractivity contribution in [3.8, 4) is 0 Å². The van der Waals surface area contributed by atoms with Crippen molar-refractivity contribution in [2.24, 2.45) is 0 Å². The molecule has 58 valence electrons. The van der Waals surface area contributed by atoms with Gasteiger partial charge in [0.05, 0.1) is 0 Å². The van der Waals surface area contributed by atoms with E-state index in [1.54, 1.807) is 6.92 Å². The summed E-state index contributed by atoms with van der Waals surface area (Å²) in [6.07, 6.45) is 0.102. The van der Waals surface area contributed by atoms with Gasteiger partial charge >= 0.3 is 5.97 Å². The van der Waals surface area contributed by atoms with E-state index in [0.717, 1.165) is 0 Å². The highest BCUT2D eigenvalue weighted by atomic mass is 16.6. The zero-order valence-electron chi connectivity index (χ0n) is 6.20. The molecule has 0 spiro atoms. The Kier molecular flexibility index (Phi) is 3.72. The van der Waals surface area contributed by atoms with Gasteiger partial charge in [0.1, 0.15) is 12.2 Å². The van der Waals surface area contributed by atoms with Crippen LogP contribution in [0.25, 0.3) is 0 Å². The second-order valence-electron chi connectivity index (χ2n) is 2.05. The van der Waals surface area contributed by atoms with Gasteiger partial charge in [0, 0.05) is 0 Å². The van der Waals surface area contributed by atoms with E-state index in [0.29, 0.717) is 0 Å². The van der Waals surface area contributed by atoms with E-state index < -0.39 is 12.1 Å². The molecule has 0 rings (SSSR count). The molecule has 0 saturated heterocycles. The number of ether oxygens (including phenoxy) is 1. The third-order valence-electron chi connectivity index (χ3n) is 0.975. The molecule has 3 nitrogen and oxygen atoms in total. The van der Waals surface area contributed by atoms with Gasteiger partial charge in [-0.3, -0.25) is 0 Å². The number of carbonyl (C=O) groups is 1. The van der Waals surface area contributed by atoms with Crippen molar-refractivity contribution in [3.05, 3.63) is 12.7 Å². The molecule has 0 aromatic carbocycles. The monoisotopic (exact) mass is 144 g/mol. The molecule has 0 aromatic heterocycles. The van der Waals surface area contributed by atoms with Crippen molar-refractivity contribution >= 4 is 5.97 Å². The molecule has 1 N–H and O–H groups in total. The Labute approximate surface area is 60.3 Å². The fourth-order valence-corrected chi connectivity index (χ4v) is 0.330. The molecule has 1 unspecified atom stereocenters. The number of rotatable bonds is 3. The molecule has 0 aliphatic rings. The van der Waals surface area contributed by atoms with Crippen molar-refractivity contribution in [3.63, 3.8) is 0 Å². The van der Waals surface area contributed by atoms with Crippen LogP contribution in [-0.4, -0.2) is 23.3 Å². The highest BCUT2D eigenvalue weighted by Crippen LogP contribution is 1.94. The predicted octanol–water partition coefficient (Wildman–Crippen LogP) is 0.485. The number of aliphatic hydroxyl groups is 1. The highest BCUT2D eigenvalue weighted by molar-refractivity contribution is 5.74. The summed E-state index contributed by atoms with van der Waals surface area (Å²) in [5.74, 6) is -0.618. The highest BCUT2D eigenvalue weighted by Gasteiger charge is 2.11. The molecule has 0 radical (unpaired) electrons. The molecule has 0 aromatic rings. The van der Waals surface area contributed by atoms with Crippen molar-refractivity contribution in [2.75, 3.05) is 0 Å². The zero-order chi connectivity index (χ0) is 8.15. The van der Waals surface area contributed by atoms with Crippen LogP contribution < -0.4 is 0 Å². The van der Waals surface area contributed by atoms with Crippen LogP contribution in [0.4, 0.5) is 0 Å². The Balaban J connectivity index is 3.68. The van der Waals surface area contributed by atoms with Gasteiger partial charge in [-0.15, -0.1) is 0 Å². The minimum atomic E-state index is -1.05. The second kappa shape index (κ2) is 4.06. The molecule has 2 atom stereocenters. The summed E-state index contributed by atoms with van der Waals surface area (Å²) in [5.41, 5.74) is 0. The molecule has 0 bridgehead atoms. The van der Waals surface area contributed by atoms with Gasteiger partial charge in [0.25, 0.3) is 0 Å². The Bertz CT molecular complexity index is 129. The molecule has 0 amide bonds. The van der Waals surface area contributed by atoms with E-state index in [9.17, 15) is 4.79 Å². The van der Waals surface area contributed by atoms with Crippen LogP contribution in [0.3, 0.4) is 0 Å². The van der Waals surface area contributed by atoms with Crippen LogP contribution >= 0.6 is 0 Å². The number of carbonyl (C=O) groups excluding carboxylic acids is 1. The SMILES string of the molecule is C=CC(C)OC(=O)[C@@H](C)O. The summed E-state index contributed by atoms with van der Waals surface area (Å²) in [6, 6.07) is 0. The van der Waals surface area contributed by atoms with Crippen LogP contribution in [0.2, 0.25) is 0 Å². The maximum atomic E-state index is 10.6. The first-order valence-electron chi connectivity index (χ1n) is 3.09. The van der Waals surface area contributed by atoms with Crippen molar-refractivity contribution in [1.82, 2.24) is 0 Å². The lowest BCUT2D eigenvalue weighted by Gasteiger charge is -2.09. The third kappa shape index (κ3) is 3.25. The standard InChI is InChI=1S/C7H12O3/c1-4-5(2)10-7(9)6(3)8/h4-6,8H,1H2,2-3H3/t5?,6-/m1/s1. The average molecular weight is 144 g/mol. The topological polar surface area (TPSA) is 46.5 Å². The summed E-state index contributed by atoms with van der Waals surface area (Å²) in [4.78, 5) is 10.6. The lowest BCUT2D eigenvalue weighted by Crippen LogP contribution is -2.22. The summed E-state index contributed by atoms with van der Waals surface area (Å²) in [6.45, 7) is 6.45. The maximum absolute atomic E-state index is 10.6. The van der Waals surface area contributed by atoms with Crippen LogP contribution in [0.5, 0.6) is 0 Å². The predicted molar refractivity (Wildman–Crippen MR) is 37.4 cm³/mol. The van der Waals surface area contributed by atoms with Crippen LogP contribution in [0.15, 0.2) is 12.7 Å². The Morgan fingerprint density at radius 2 is 2.20 bits per heavy atom. The molecule has 0 heterocycles. The van der Waals surface area contributed by atoms with Gasteiger partial charge in [-0.1, -0.05) is 12.7 Å². The van der Waals surface area contributed by atoms with Crippen LogP contribution in [-0.2, 0) is 9.53 Å². The molecular formula is C7H12O3. The van der Waals surface area contributed by atoms with E-state index in [2.05, 4.69) is 11.3 Å². The smallest absolute Gasteiger partial charge is 0.335 e. The first kappa shape index (κ1) is 9.17. The summed E-state index contributed by atoms with van der Waals surface area (Å²) < 4.78 is 4.65. The van der Waals surface area contributed by atoms with Crippen LogP contribution in [0, 0.1) is 0 Å². The van der Waals surface area contributed by atoms with E-state index in [4.69, 9.17) is 5.11 Å². The third-order valence-corrected chi connectivity index (χ3v) is 0.975. The quantitative estimate of drug-likeness (QED) is 0.463. The fourth-order valence-electron chi connectivity index (χ4n) is 0.330. The van der Waals surface area contributed by atoms with Gasteiger partial charge in [-0.05, 0) is 13.8 Å². The minimum absolute atomic E-state index is 0.331. The van der Waals surface area contributed by atoms with Gasteiger partial charge in [0.15, 0.2) is 0 Å². The largest absolute Gasteiger partial charge is 0.457 e. The molecule has 0 saturated carbocycles. The van der Waals surface area contributed by atoms with Crippen molar-refractivity contribution in [2.45, 2.75) is 26.1 Å². The van der Waals surface area contributed by atoms with Crippen molar-refractivity contribution < 1.29 is 14.6 Å². The number of hydrogen-bond donors (Lipinski definition) is 1. The second-order valence-corrected chi connectivity index (χ2v) is 2.05. The van der Waals surface area contributed by atoms with Gasteiger partial charge in [-0.25, -0.2) is 4.79 Å². The lowest BCUT2D eigenvalue weighted by atomic mass is 10.4. The van der Waals surface area contributed by atoms with Gasteiger partial charge in [0.2, 0.25) is 0 Å². The number of hydrogen-bond acceptors (Lipinski definition) is 3. The van der Waals surface area contributed by atoms with Gasteiger partial charge < -0.3 is 9.84 Å². The fraction of sp³-hybridized carbons (Fsp3) is 0.571. The van der Waals surface area contributed by atoms with E-state index >= 15 is 0 Å². The molecule has 0 aliphatic carbocycles. The zero-order valence-corrected chi connectivity index (χ0v) is 6.20. The maximum Gasteiger partial charge on any atom is 0.335 e. The summed E-state index contributed by atoms with van der Waals surface area (Å²) >= 11 is 0. The van der Waals surface area contributed by atoms with E-state index in [-0.39, 0.29) is 6.10 Å². The molecule has 10 heavy (non-hydrogen) atoms. The molecular weight excluding hydrogens is 132 g/mol. The Morgan fingerprint density at radius 3 is 2.50 bits per heavy atom. The van der Waals surface area contributed by atoms with E-state index in [1.165, 1.54) is 13.0 Å². The Morgan fingerprint density at radius 1 is 1.70 bits per heavy atom. The molecule has 0 fully saturated rings. The first-order chi connectivity index (χ1) is 4.57. The van der Waals surface area contributed by atoms with E-state index in [1.807, 2.05) is 0 Å². The number of esters is 1. The lowest BCUT2D eigenvalue weighted by molar-refractivity contribution is -0.155. The molecule has 3 heteroatoms. The van der Waals surface area contributed by atoms with Crippen LogP contribution in [0.1, 0.15) is 13.8 Å². The number of aliphatic hydroxyl groups excluding tert-OH is 1. The molecule has 0 aliphatic heterocycles. The van der Waals surface area contributed by atoms with Gasteiger partial charge in [-0.2, -0.15) is 0 Å². The first-order valence-corrected chi connectivity index (χ1v) is 3.09. The van der Waals surface area contributed by atoms with Crippen molar-refractivity contribution in [1.29, 1.82) is 0 Å². The minimum Gasteiger partial charge on any atom is -0.457 e. The summed E-state index contributed by atoms with van der Waals surface area (Å²) in [5, 5.41) is 8.66.